The van der Waals surface area contributed by atoms with Crippen molar-refractivity contribution in [3.8, 4) is 0 Å². The van der Waals surface area contributed by atoms with E-state index in [1.165, 1.54) is 5.56 Å². The highest BCUT2D eigenvalue weighted by molar-refractivity contribution is 7.84. The van der Waals surface area contributed by atoms with Gasteiger partial charge in [0.25, 0.3) is 0 Å². The van der Waals surface area contributed by atoms with Gasteiger partial charge < -0.3 is 16.0 Å². The smallest absolute Gasteiger partial charge is 0.138 e. The molecule has 0 saturated heterocycles. The topological polar surface area (TPSA) is 66.7 Å². The second-order valence-electron chi connectivity index (χ2n) is 5.60. The van der Waals surface area contributed by atoms with E-state index in [1.807, 2.05) is 37.5 Å². The molecule has 2 heterocycles. The first-order valence-electron chi connectivity index (χ1n) is 7.50. The van der Waals surface area contributed by atoms with E-state index < -0.39 is 0 Å². The van der Waals surface area contributed by atoms with E-state index in [2.05, 4.69) is 53.0 Å². The summed E-state index contributed by atoms with van der Waals surface area (Å²) in [6, 6.07) is 12.6. The number of rotatable bonds is 4. The first-order valence-corrected chi connectivity index (χ1v) is 7.95. The van der Waals surface area contributed by atoms with Crippen molar-refractivity contribution < 1.29 is 0 Å². The molecule has 5 heteroatoms. The highest BCUT2D eigenvalue weighted by Gasteiger charge is 2.11. The number of nitrogens with two attached hydrogens (primary N) is 1. The van der Waals surface area contributed by atoms with Crippen LogP contribution >= 0.6 is 12.6 Å². The van der Waals surface area contributed by atoms with E-state index in [0.29, 0.717) is 5.70 Å². The summed E-state index contributed by atoms with van der Waals surface area (Å²) in [6.07, 6.45) is 3.70. The van der Waals surface area contributed by atoms with E-state index in [-0.39, 0.29) is 6.04 Å². The maximum Gasteiger partial charge on any atom is 0.138 e. The van der Waals surface area contributed by atoms with Gasteiger partial charge in [-0.1, -0.05) is 30.3 Å². The minimum absolute atomic E-state index is 0.192. The molecule has 0 aliphatic heterocycles. The fraction of sp³-hybridized carbons (Fsp3) is 0.167. The number of aromatic amines is 1. The Kier molecular flexibility index (Phi) is 4.30. The maximum atomic E-state index is 6.13. The lowest BCUT2D eigenvalue weighted by Crippen LogP contribution is -2.06. The number of H-pyrrole nitrogens is 1. The molecule has 3 aromatic rings. The third-order valence-electron chi connectivity index (χ3n) is 3.89. The van der Waals surface area contributed by atoms with Gasteiger partial charge in [0.1, 0.15) is 5.65 Å². The van der Waals surface area contributed by atoms with Crippen molar-refractivity contribution in [2.75, 3.05) is 5.32 Å². The number of nitrogens with one attached hydrogen (secondary N) is 2. The summed E-state index contributed by atoms with van der Waals surface area (Å²) in [5.74, 6) is 0. The minimum Gasteiger partial charge on any atom is -0.398 e. The number of hydrogen-bond acceptors (Lipinski definition) is 4. The van der Waals surface area contributed by atoms with Gasteiger partial charge >= 0.3 is 0 Å². The second kappa shape index (κ2) is 6.38. The van der Waals surface area contributed by atoms with Gasteiger partial charge in [-0.05, 0) is 25.5 Å². The highest BCUT2D eigenvalue weighted by atomic mass is 32.1. The van der Waals surface area contributed by atoms with Gasteiger partial charge in [0.05, 0.1) is 17.6 Å². The van der Waals surface area contributed by atoms with Crippen LogP contribution in [0.1, 0.15) is 31.0 Å². The summed E-state index contributed by atoms with van der Waals surface area (Å²) in [5.41, 5.74) is 10.7. The lowest BCUT2D eigenvalue weighted by atomic mass is 10.1. The number of benzene rings is 1. The van der Waals surface area contributed by atoms with Crippen molar-refractivity contribution in [1.82, 2.24) is 9.97 Å². The zero-order chi connectivity index (χ0) is 16.4. The summed E-state index contributed by atoms with van der Waals surface area (Å²) in [4.78, 5) is 8.41. The average Bonchev–Trinajstić information content (AvgIpc) is 2.98. The van der Waals surface area contributed by atoms with Crippen LogP contribution in [0.3, 0.4) is 0 Å². The fourth-order valence-corrected chi connectivity index (χ4v) is 2.70. The van der Waals surface area contributed by atoms with Crippen LogP contribution in [-0.4, -0.2) is 9.97 Å². The van der Waals surface area contributed by atoms with E-state index >= 15 is 0 Å². The standard InChI is InChI=1S/C18H20N4S/c1-11(13-6-4-3-5-7-13)22-14-8-15-16(17(19)12(2)23)10-21-18(15)20-9-14/h3-11,22-23H,19H2,1-2H3,(H,20,21)/b17-12-. The summed E-state index contributed by atoms with van der Waals surface area (Å²) in [7, 11) is 0. The monoisotopic (exact) mass is 324 g/mol. The molecule has 3 rings (SSSR count). The lowest BCUT2D eigenvalue weighted by Gasteiger charge is -2.15. The summed E-state index contributed by atoms with van der Waals surface area (Å²) in [6.45, 7) is 4.01. The molecule has 1 atom stereocenters. The van der Waals surface area contributed by atoms with E-state index in [4.69, 9.17) is 5.73 Å². The Morgan fingerprint density at radius 1 is 1.30 bits per heavy atom. The Hall–Kier alpha value is -2.40. The zero-order valence-electron chi connectivity index (χ0n) is 13.2. The van der Waals surface area contributed by atoms with Gasteiger partial charge in [-0.3, -0.25) is 0 Å². The predicted octanol–water partition coefficient (Wildman–Crippen LogP) is 4.31. The molecule has 118 valence electrons. The number of fused-ring (bicyclic) bond motifs is 1. The van der Waals surface area contributed by atoms with Crippen LogP contribution < -0.4 is 11.1 Å². The molecule has 0 amide bonds. The SMILES string of the molecule is C/C(S)=C(/N)c1c[nH]c2ncc(NC(C)c3ccccc3)cc12. The molecule has 0 bridgehead atoms. The fourth-order valence-electron chi connectivity index (χ4n) is 2.58. The van der Waals surface area contributed by atoms with Gasteiger partial charge in [-0.15, -0.1) is 12.6 Å². The quantitative estimate of drug-likeness (QED) is 0.541. The Balaban J connectivity index is 1.94. The Bertz CT molecular complexity index is 848. The van der Waals surface area contributed by atoms with Crippen molar-refractivity contribution in [3.63, 3.8) is 0 Å². The molecule has 1 unspecified atom stereocenters. The van der Waals surface area contributed by atoms with Crippen molar-refractivity contribution in [2.24, 2.45) is 5.73 Å². The van der Waals surface area contributed by atoms with Crippen molar-refractivity contribution in [3.05, 3.63) is 64.8 Å². The molecule has 1 aromatic carbocycles. The number of anilines is 1. The number of hydrogen-bond donors (Lipinski definition) is 4. The third-order valence-corrected chi connectivity index (χ3v) is 4.13. The molecule has 4 N–H and O–H groups in total. The van der Waals surface area contributed by atoms with Gasteiger partial charge in [-0.2, -0.15) is 0 Å². The van der Waals surface area contributed by atoms with E-state index in [1.54, 1.807) is 0 Å². The summed E-state index contributed by atoms with van der Waals surface area (Å²) >= 11 is 4.34. The number of allylic oxidation sites excluding steroid dienone is 1. The van der Waals surface area contributed by atoms with Crippen LogP contribution in [0, 0.1) is 0 Å². The van der Waals surface area contributed by atoms with Crippen LogP contribution in [0.4, 0.5) is 5.69 Å². The Morgan fingerprint density at radius 3 is 2.74 bits per heavy atom. The Labute approximate surface area is 141 Å². The molecule has 2 aromatic heterocycles. The zero-order valence-corrected chi connectivity index (χ0v) is 14.1. The number of thiol groups is 1. The predicted molar refractivity (Wildman–Crippen MR) is 100 cm³/mol. The molecule has 0 fully saturated rings. The van der Waals surface area contributed by atoms with Crippen molar-refractivity contribution in [1.29, 1.82) is 0 Å². The van der Waals surface area contributed by atoms with E-state index in [9.17, 15) is 0 Å². The van der Waals surface area contributed by atoms with E-state index in [0.717, 1.165) is 27.2 Å². The number of aromatic nitrogens is 2. The first kappa shape index (κ1) is 15.5. The van der Waals surface area contributed by atoms with Gasteiger partial charge in [0.2, 0.25) is 0 Å². The molecular weight excluding hydrogens is 304 g/mol. The average molecular weight is 324 g/mol. The molecule has 4 nitrogen and oxygen atoms in total. The molecule has 0 aliphatic rings. The first-order chi connectivity index (χ1) is 11.1. The van der Waals surface area contributed by atoms with Crippen LogP contribution in [-0.2, 0) is 0 Å². The molecule has 23 heavy (non-hydrogen) atoms. The molecule has 0 radical (unpaired) electrons. The van der Waals surface area contributed by atoms with Crippen LogP contribution in [0.5, 0.6) is 0 Å². The summed E-state index contributed by atoms with van der Waals surface area (Å²) < 4.78 is 0. The van der Waals surface area contributed by atoms with Crippen LogP contribution in [0.15, 0.2) is 53.7 Å². The van der Waals surface area contributed by atoms with Crippen molar-refractivity contribution in [2.45, 2.75) is 19.9 Å². The summed E-state index contributed by atoms with van der Waals surface area (Å²) in [5, 5.41) is 4.47. The maximum absolute atomic E-state index is 6.13. The molecule has 0 aliphatic carbocycles. The third kappa shape index (κ3) is 3.19. The lowest BCUT2D eigenvalue weighted by molar-refractivity contribution is 0.884. The largest absolute Gasteiger partial charge is 0.398 e. The number of pyridine rings is 1. The highest BCUT2D eigenvalue weighted by Crippen LogP contribution is 2.27. The van der Waals surface area contributed by atoms with Gasteiger partial charge in [-0.25, -0.2) is 4.98 Å². The van der Waals surface area contributed by atoms with Crippen LogP contribution in [0.2, 0.25) is 0 Å². The van der Waals surface area contributed by atoms with Crippen molar-refractivity contribution >= 4 is 35.0 Å². The van der Waals surface area contributed by atoms with Gasteiger partial charge in [0, 0.05) is 28.1 Å². The minimum atomic E-state index is 0.192. The number of nitrogens with zero attached hydrogens (tertiary/aromatic N) is 1. The normalized spacial score (nSPS) is 13.7. The second-order valence-corrected chi connectivity index (χ2v) is 6.27. The van der Waals surface area contributed by atoms with Crippen LogP contribution in [0.25, 0.3) is 16.7 Å². The molecule has 0 spiro atoms. The Morgan fingerprint density at radius 2 is 2.04 bits per heavy atom. The molecule has 0 saturated carbocycles. The molecular formula is C18H20N4S. The van der Waals surface area contributed by atoms with Gasteiger partial charge in [0.15, 0.2) is 0 Å².